The normalized spacial score (nSPS) is 16.1. The van der Waals surface area contributed by atoms with E-state index >= 15 is 0 Å². The Morgan fingerprint density at radius 2 is 2.08 bits per heavy atom. The van der Waals surface area contributed by atoms with Gasteiger partial charge in [-0.05, 0) is 37.6 Å². The van der Waals surface area contributed by atoms with Crippen molar-refractivity contribution in [2.45, 2.75) is 19.9 Å². The molecule has 0 radical (unpaired) electrons. The van der Waals surface area contributed by atoms with Gasteiger partial charge in [-0.2, -0.15) is 0 Å². The number of aryl methyl sites for hydroxylation is 1. The Kier molecular flexibility index (Phi) is 4.47. The molecule has 1 aliphatic rings. The van der Waals surface area contributed by atoms with Gasteiger partial charge in [-0.25, -0.2) is 0 Å². The topological polar surface area (TPSA) is 71.4 Å². The maximum atomic E-state index is 5.72. The van der Waals surface area contributed by atoms with Crippen molar-refractivity contribution in [3.8, 4) is 11.7 Å². The summed E-state index contributed by atoms with van der Waals surface area (Å²) in [7, 11) is 0. The third-order valence-corrected chi connectivity index (χ3v) is 4.39. The highest BCUT2D eigenvalue weighted by Gasteiger charge is 2.18. The Morgan fingerprint density at radius 1 is 1.12 bits per heavy atom. The van der Waals surface area contributed by atoms with Gasteiger partial charge in [-0.1, -0.05) is 0 Å². The zero-order valence-corrected chi connectivity index (χ0v) is 14.3. The Bertz CT molecular complexity index is 815. The van der Waals surface area contributed by atoms with Crippen molar-refractivity contribution in [3.05, 3.63) is 48.3 Å². The SMILES string of the molecule is Cc1cc(N2CCCN(Cc3nnc(-c4ccco4)o3)CC2)ccn1. The van der Waals surface area contributed by atoms with Crippen molar-refractivity contribution in [2.75, 3.05) is 31.1 Å². The van der Waals surface area contributed by atoms with Crippen LogP contribution in [-0.4, -0.2) is 46.3 Å². The van der Waals surface area contributed by atoms with Crippen LogP contribution in [0.2, 0.25) is 0 Å². The molecule has 0 atom stereocenters. The van der Waals surface area contributed by atoms with Gasteiger partial charge in [-0.3, -0.25) is 9.88 Å². The first-order valence-corrected chi connectivity index (χ1v) is 8.54. The zero-order valence-electron chi connectivity index (χ0n) is 14.3. The Balaban J connectivity index is 1.38. The molecule has 1 aliphatic heterocycles. The van der Waals surface area contributed by atoms with Crippen LogP contribution in [0.4, 0.5) is 5.69 Å². The second-order valence-corrected chi connectivity index (χ2v) is 6.25. The molecule has 3 aromatic rings. The van der Waals surface area contributed by atoms with Crippen molar-refractivity contribution in [1.82, 2.24) is 20.1 Å². The van der Waals surface area contributed by atoms with Gasteiger partial charge >= 0.3 is 0 Å². The number of hydrogen-bond donors (Lipinski definition) is 0. The zero-order chi connectivity index (χ0) is 17.1. The third-order valence-electron chi connectivity index (χ3n) is 4.39. The first-order chi connectivity index (χ1) is 12.3. The molecule has 3 aromatic heterocycles. The average Bonchev–Trinajstić information content (AvgIpc) is 3.24. The minimum Gasteiger partial charge on any atom is -0.459 e. The summed E-state index contributed by atoms with van der Waals surface area (Å²) >= 11 is 0. The van der Waals surface area contributed by atoms with Crippen molar-refractivity contribution in [3.63, 3.8) is 0 Å². The molecule has 0 spiro atoms. The predicted molar refractivity (Wildman–Crippen MR) is 93.1 cm³/mol. The molecule has 1 fully saturated rings. The summed E-state index contributed by atoms with van der Waals surface area (Å²) in [5.41, 5.74) is 2.29. The van der Waals surface area contributed by atoms with Crippen LogP contribution < -0.4 is 4.90 Å². The van der Waals surface area contributed by atoms with Gasteiger partial charge in [0.05, 0.1) is 12.8 Å². The highest BCUT2D eigenvalue weighted by Crippen LogP contribution is 2.20. The number of pyridine rings is 1. The molecule has 7 heteroatoms. The molecule has 25 heavy (non-hydrogen) atoms. The van der Waals surface area contributed by atoms with Crippen LogP contribution >= 0.6 is 0 Å². The predicted octanol–water partition coefficient (Wildman–Crippen LogP) is 2.75. The molecule has 7 nitrogen and oxygen atoms in total. The van der Waals surface area contributed by atoms with E-state index in [-0.39, 0.29) is 0 Å². The molecule has 130 valence electrons. The van der Waals surface area contributed by atoms with E-state index in [1.165, 1.54) is 5.69 Å². The summed E-state index contributed by atoms with van der Waals surface area (Å²) in [4.78, 5) is 9.05. The quantitative estimate of drug-likeness (QED) is 0.723. The highest BCUT2D eigenvalue weighted by molar-refractivity contribution is 5.46. The first kappa shape index (κ1) is 15.8. The van der Waals surface area contributed by atoms with Crippen LogP contribution in [-0.2, 0) is 6.54 Å². The van der Waals surface area contributed by atoms with Gasteiger partial charge in [-0.15, -0.1) is 10.2 Å². The lowest BCUT2D eigenvalue weighted by Gasteiger charge is -2.23. The summed E-state index contributed by atoms with van der Waals surface area (Å²) in [6.07, 6.45) is 4.58. The third kappa shape index (κ3) is 3.71. The number of furan rings is 1. The minimum atomic E-state index is 0.434. The summed E-state index contributed by atoms with van der Waals surface area (Å²) in [5.74, 6) is 1.66. The molecule has 0 saturated carbocycles. The van der Waals surface area contributed by atoms with Crippen LogP contribution in [0.1, 0.15) is 18.0 Å². The van der Waals surface area contributed by atoms with Crippen molar-refractivity contribution >= 4 is 5.69 Å². The largest absolute Gasteiger partial charge is 0.459 e. The van der Waals surface area contributed by atoms with Crippen molar-refractivity contribution in [2.24, 2.45) is 0 Å². The molecule has 0 amide bonds. The lowest BCUT2D eigenvalue weighted by molar-refractivity contribution is 0.255. The second-order valence-electron chi connectivity index (χ2n) is 6.25. The van der Waals surface area contributed by atoms with Crippen LogP contribution in [0.3, 0.4) is 0 Å². The fourth-order valence-corrected chi connectivity index (χ4v) is 3.12. The second kappa shape index (κ2) is 7.06. The van der Waals surface area contributed by atoms with Crippen LogP contribution in [0.25, 0.3) is 11.7 Å². The Labute approximate surface area is 146 Å². The van der Waals surface area contributed by atoms with E-state index in [1.54, 1.807) is 6.26 Å². The maximum absolute atomic E-state index is 5.72. The van der Waals surface area contributed by atoms with Crippen molar-refractivity contribution in [1.29, 1.82) is 0 Å². The molecule has 0 N–H and O–H groups in total. The monoisotopic (exact) mass is 339 g/mol. The molecular formula is C18H21N5O2. The van der Waals surface area contributed by atoms with Gasteiger partial charge in [0, 0.05) is 43.8 Å². The molecule has 0 bridgehead atoms. The van der Waals surface area contributed by atoms with E-state index in [4.69, 9.17) is 8.83 Å². The molecule has 0 unspecified atom stereocenters. The standard InChI is InChI=1S/C18H21N5O2/c1-14-12-15(5-6-19-14)23-8-3-7-22(9-10-23)13-17-20-21-18(25-17)16-4-2-11-24-16/h2,4-6,11-12H,3,7-10,13H2,1H3. The van der Waals surface area contributed by atoms with E-state index in [0.717, 1.165) is 38.3 Å². The minimum absolute atomic E-state index is 0.434. The lowest BCUT2D eigenvalue weighted by atomic mass is 10.3. The molecule has 0 aromatic carbocycles. The summed E-state index contributed by atoms with van der Waals surface area (Å²) in [6.45, 7) is 6.68. The highest BCUT2D eigenvalue weighted by atomic mass is 16.4. The van der Waals surface area contributed by atoms with E-state index in [2.05, 4.69) is 37.1 Å². The van der Waals surface area contributed by atoms with Gasteiger partial charge in [0.1, 0.15) is 0 Å². The molecular weight excluding hydrogens is 318 g/mol. The van der Waals surface area contributed by atoms with Crippen LogP contribution in [0.15, 0.2) is 45.6 Å². The summed E-state index contributed by atoms with van der Waals surface area (Å²) < 4.78 is 11.0. The number of aromatic nitrogens is 3. The molecule has 4 rings (SSSR count). The fraction of sp³-hybridized carbons (Fsp3) is 0.389. The number of rotatable bonds is 4. The lowest BCUT2D eigenvalue weighted by Crippen LogP contribution is -2.30. The smallest absolute Gasteiger partial charge is 0.283 e. The van der Waals surface area contributed by atoms with Gasteiger partial charge in [0.2, 0.25) is 5.89 Å². The average molecular weight is 339 g/mol. The fourth-order valence-electron chi connectivity index (χ4n) is 3.12. The first-order valence-electron chi connectivity index (χ1n) is 8.54. The number of nitrogens with zero attached hydrogens (tertiary/aromatic N) is 5. The summed E-state index contributed by atoms with van der Waals surface area (Å²) in [5, 5.41) is 8.21. The molecule has 4 heterocycles. The number of anilines is 1. The van der Waals surface area contributed by atoms with Gasteiger partial charge in [0.15, 0.2) is 5.76 Å². The van der Waals surface area contributed by atoms with Gasteiger partial charge < -0.3 is 13.7 Å². The van der Waals surface area contributed by atoms with E-state index in [1.807, 2.05) is 25.3 Å². The maximum Gasteiger partial charge on any atom is 0.283 e. The Hall–Kier alpha value is -2.67. The summed E-state index contributed by atoms with van der Waals surface area (Å²) in [6, 6.07) is 7.85. The molecule has 0 aliphatic carbocycles. The Morgan fingerprint density at radius 3 is 2.92 bits per heavy atom. The van der Waals surface area contributed by atoms with E-state index in [0.29, 0.717) is 24.1 Å². The molecule has 1 saturated heterocycles. The van der Waals surface area contributed by atoms with E-state index in [9.17, 15) is 0 Å². The number of hydrogen-bond acceptors (Lipinski definition) is 7. The van der Waals surface area contributed by atoms with Crippen LogP contribution in [0, 0.1) is 6.92 Å². The van der Waals surface area contributed by atoms with Gasteiger partial charge in [0.25, 0.3) is 5.89 Å². The van der Waals surface area contributed by atoms with E-state index < -0.39 is 0 Å². The van der Waals surface area contributed by atoms with Crippen molar-refractivity contribution < 1.29 is 8.83 Å². The van der Waals surface area contributed by atoms with Crippen LogP contribution in [0.5, 0.6) is 0 Å².